The quantitative estimate of drug-likeness (QED) is 0.414. The van der Waals surface area contributed by atoms with Crippen molar-refractivity contribution in [1.82, 2.24) is 4.90 Å². The van der Waals surface area contributed by atoms with Crippen molar-refractivity contribution in [3.05, 3.63) is 94.5 Å². The fourth-order valence-electron chi connectivity index (χ4n) is 4.14. The number of benzene rings is 3. The smallest absolute Gasteiger partial charge is 0.164 e. The molecule has 4 nitrogen and oxygen atoms in total. The van der Waals surface area contributed by atoms with E-state index in [4.69, 9.17) is 4.74 Å². The van der Waals surface area contributed by atoms with Crippen molar-refractivity contribution < 1.29 is 9.53 Å². The molecule has 1 aliphatic heterocycles. The molecule has 4 rings (SSSR count). The van der Waals surface area contributed by atoms with Crippen LogP contribution in [0.4, 0.5) is 5.69 Å². The van der Waals surface area contributed by atoms with Gasteiger partial charge in [0.2, 0.25) is 0 Å². The van der Waals surface area contributed by atoms with Crippen LogP contribution in [0, 0.1) is 0 Å². The van der Waals surface area contributed by atoms with Crippen LogP contribution in [-0.4, -0.2) is 44.0 Å². The number of hydrogen-bond acceptors (Lipinski definition) is 4. The van der Waals surface area contributed by atoms with Crippen LogP contribution in [0.5, 0.6) is 5.75 Å². The van der Waals surface area contributed by atoms with Crippen molar-refractivity contribution in [2.45, 2.75) is 12.5 Å². The molecule has 1 saturated heterocycles. The lowest BCUT2D eigenvalue weighted by Crippen LogP contribution is -2.48. The highest BCUT2D eigenvalue weighted by Gasteiger charge is 2.27. The summed E-state index contributed by atoms with van der Waals surface area (Å²) >= 11 is 3.45. The Hall–Kier alpha value is -2.63. The Morgan fingerprint density at radius 3 is 2.16 bits per heavy atom. The van der Waals surface area contributed by atoms with Crippen LogP contribution in [0.3, 0.4) is 0 Å². The highest BCUT2D eigenvalue weighted by atomic mass is 79.9. The first-order valence-corrected chi connectivity index (χ1v) is 11.4. The molecule has 160 valence electrons. The third-order valence-corrected chi connectivity index (χ3v) is 6.45. The van der Waals surface area contributed by atoms with E-state index < -0.39 is 0 Å². The van der Waals surface area contributed by atoms with E-state index in [-0.39, 0.29) is 11.8 Å². The van der Waals surface area contributed by atoms with Crippen molar-refractivity contribution in [3.63, 3.8) is 0 Å². The third kappa shape index (κ3) is 5.35. The Balaban J connectivity index is 1.52. The van der Waals surface area contributed by atoms with Gasteiger partial charge in [0.25, 0.3) is 0 Å². The molecule has 0 N–H and O–H groups in total. The summed E-state index contributed by atoms with van der Waals surface area (Å²) < 4.78 is 6.31. The van der Waals surface area contributed by atoms with Crippen LogP contribution in [0.25, 0.3) is 0 Å². The minimum atomic E-state index is 0.0416. The van der Waals surface area contributed by atoms with Crippen molar-refractivity contribution >= 4 is 27.4 Å². The summed E-state index contributed by atoms with van der Waals surface area (Å²) in [6.07, 6.45) is 0.458. The average molecular weight is 479 g/mol. The number of para-hydroxylation sites is 1. The van der Waals surface area contributed by atoms with Crippen molar-refractivity contribution in [2.75, 3.05) is 38.2 Å². The van der Waals surface area contributed by atoms with Gasteiger partial charge in [-0.05, 0) is 42.0 Å². The number of hydrogen-bond donors (Lipinski definition) is 0. The van der Waals surface area contributed by atoms with Gasteiger partial charge in [0.1, 0.15) is 5.75 Å². The molecule has 1 heterocycles. The average Bonchev–Trinajstić information content (AvgIpc) is 2.84. The zero-order chi connectivity index (χ0) is 21.6. The van der Waals surface area contributed by atoms with Gasteiger partial charge < -0.3 is 9.64 Å². The van der Waals surface area contributed by atoms with Crippen LogP contribution in [0.15, 0.2) is 83.3 Å². The van der Waals surface area contributed by atoms with Gasteiger partial charge in [-0.1, -0.05) is 58.4 Å². The molecular formula is C26H27BrN2O2. The van der Waals surface area contributed by atoms with Crippen molar-refractivity contribution in [3.8, 4) is 5.75 Å². The maximum Gasteiger partial charge on any atom is 0.164 e. The predicted octanol–water partition coefficient (Wildman–Crippen LogP) is 5.59. The lowest BCUT2D eigenvalue weighted by atomic mass is 9.95. The van der Waals surface area contributed by atoms with Crippen LogP contribution in [-0.2, 0) is 0 Å². The molecule has 3 aromatic rings. The van der Waals surface area contributed by atoms with E-state index >= 15 is 0 Å². The summed E-state index contributed by atoms with van der Waals surface area (Å²) in [5.74, 6) is 0.995. The van der Waals surface area contributed by atoms with Crippen LogP contribution < -0.4 is 9.64 Å². The largest absolute Gasteiger partial charge is 0.497 e. The van der Waals surface area contributed by atoms with Gasteiger partial charge in [-0.25, -0.2) is 0 Å². The fourth-order valence-corrected chi connectivity index (χ4v) is 4.41. The maximum atomic E-state index is 13.1. The summed E-state index contributed by atoms with van der Waals surface area (Å²) in [4.78, 5) is 18.0. The molecule has 0 bridgehead atoms. The molecule has 5 heteroatoms. The van der Waals surface area contributed by atoms with Crippen LogP contribution in [0.2, 0.25) is 0 Å². The summed E-state index contributed by atoms with van der Waals surface area (Å²) in [6.45, 7) is 3.73. The van der Waals surface area contributed by atoms with E-state index in [0.29, 0.717) is 6.42 Å². The molecule has 0 saturated carbocycles. The van der Waals surface area contributed by atoms with Gasteiger partial charge in [0.05, 0.1) is 7.11 Å². The molecule has 3 aromatic carbocycles. The second kappa shape index (κ2) is 10.1. The van der Waals surface area contributed by atoms with E-state index in [1.807, 2.05) is 42.5 Å². The van der Waals surface area contributed by atoms with E-state index in [1.165, 1.54) is 5.69 Å². The second-order valence-electron chi connectivity index (χ2n) is 7.78. The normalized spacial score (nSPS) is 15.5. The SMILES string of the molecule is COc1ccc([C@@H](CC(=O)c2ccc(Br)cc2)N2CCN(c3ccccc3)CC2)cc1. The zero-order valence-electron chi connectivity index (χ0n) is 17.7. The highest BCUT2D eigenvalue weighted by Crippen LogP contribution is 2.30. The number of ether oxygens (including phenoxy) is 1. The zero-order valence-corrected chi connectivity index (χ0v) is 19.3. The fraction of sp³-hybridized carbons (Fsp3) is 0.269. The van der Waals surface area contributed by atoms with E-state index in [1.54, 1.807) is 7.11 Å². The number of rotatable bonds is 7. The third-order valence-electron chi connectivity index (χ3n) is 5.92. The molecule has 0 aliphatic carbocycles. The molecule has 1 atom stereocenters. The molecule has 0 unspecified atom stereocenters. The number of carbonyl (C=O) groups is 1. The Bertz CT molecular complexity index is 982. The first-order chi connectivity index (χ1) is 15.1. The number of anilines is 1. The molecular weight excluding hydrogens is 452 g/mol. The van der Waals surface area contributed by atoms with Gasteiger partial charge in [-0.2, -0.15) is 0 Å². The number of ketones is 1. The Morgan fingerprint density at radius 1 is 0.903 bits per heavy atom. The monoisotopic (exact) mass is 478 g/mol. The van der Waals surface area contributed by atoms with E-state index in [0.717, 1.165) is 47.5 Å². The number of carbonyl (C=O) groups excluding carboxylic acids is 1. The maximum absolute atomic E-state index is 13.1. The first-order valence-electron chi connectivity index (χ1n) is 10.6. The van der Waals surface area contributed by atoms with Crippen molar-refractivity contribution in [2.24, 2.45) is 0 Å². The number of halogens is 1. The minimum Gasteiger partial charge on any atom is -0.497 e. The van der Waals surface area contributed by atoms with Gasteiger partial charge in [0, 0.05) is 54.4 Å². The Labute approximate surface area is 192 Å². The Kier molecular flexibility index (Phi) is 7.05. The van der Waals surface area contributed by atoms with Gasteiger partial charge >= 0.3 is 0 Å². The number of nitrogens with zero attached hydrogens (tertiary/aromatic N) is 2. The summed E-state index contributed by atoms with van der Waals surface area (Å²) in [6, 6.07) is 26.3. The molecule has 0 aromatic heterocycles. The summed E-state index contributed by atoms with van der Waals surface area (Å²) in [5, 5.41) is 0. The standard InChI is InChI=1S/C26H27BrN2O2/c1-31-24-13-9-20(10-14-24)25(19-26(30)21-7-11-22(27)12-8-21)29-17-15-28(16-18-29)23-5-3-2-4-6-23/h2-14,25H,15-19H2,1H3/t25-/m1/s1. The number of Topliss-reactive ketones (excluding diaryl/α,β-unsaturated/α-hetero) is 1. The minimum absolute atomic E-state index is 0.0416. The number of methoxy groups -OCH3 is 1. The summed E-state index contributed by atoms with van der Waals surface area (Å²) in [7, 11) is 1.67. The van der Waals surface area contributed by atoms with Crippen molar-refractivity contribution in [1.29, 1.82) is 0 Å². The van der Waals surface area contributed by atoms with Gasteiger partial charge in [0.15, 0.2) is 5.78 Å². The van der Waals surface area contributed by atoms with Gasteiger partial charge in [-0.3, -0.25) is 9.69 Å². The molecule has 0 amide bonds. The first kappa shape index (κ1) is 21.6. The lowest BCUT2D eigenvalue weighted by Gasteiger charge is -2.40. The van der Waals surface area contributed by atoms with Gasteiger partial charge in [-0.15, -0.1) is 0 Å². The van der Waals surface area contributed by atoms with Crippen LogP contribution >= 0.6 is 15.9 Å². The summed E-state index contributed by atoms with van der Waals surface area (Å²) in [5.41, 5.74) is 3.16. The number of piperazine rings is 1. The molecule has 1 aliphatic rings. The topological polar surface area (TPSA) is 32.8 Å². The molecule has 1 fully saturated rings. The van der Waals surface area contributed by atoms with E-state index in [2.05, 4.69) is 62.1 Å². The lowest BCUT2D eigenvalue weighted by molar-refractivity contribution is 0.0910. The van der Waals surface area contributed by atoms with E-state index in [9.17, 15) is 4.79 Å². The highest BCUT2D eigenvalue weighted by molar-refractivity contribution is 9.10. The Morgan fingerprint density at radius 2 is 1.55 bits per heavy atom. The predicted molar refractivity (Wildman–Crippen MR) is 129 cm³/mol. The molecule has 31 heavy (non-hydrogen) atoms. The molecule has 0 radical (unpaired) electrons. The van der Waals surface area contributed by atoms with Crippen LogP contribution in [0.1, 0.15) is 28.4 Å². The second-order valence-corrected chi connectivity index (χ2v) is 8.70. The molecule has 0 spiro atoms.